The lowest BCUT2D eigenvalue weighted by atomic mass is 9.83. The van der Waals surface area contributed by atoms with E-state index >= 15 is 0 Å². The number of methoxy groups -OCH3 is 1. The third-order valence-electron chi connectivity index (χ3n) is 4.36. The van der Waals surface area contributed by atoms with Gasteiger partial charge in [0.25, 0.3) is 0 Å². The molecule has 2 fully saturated rings. The molecule has 2 nitrogen and oxygen atoms in total. The van der Waals surface area contributed by atoms with Gasteiger partial charge in [0.15, 0.2) is 0 Å². The molecule has 1 saturated heterocycles. The van der Waals surface area contributed by atoms with Crippen molar-refractivity contribution in [2.24, 2.45) is 5.92 Å². The van der Waals surface area contributed by atoms with E-state index in [4.69, 9.17) is 4.74 Å². The summed E-state index contributed by atoms with van der Waals surface area (Å²) in [5.74, 6) is 0.965. The first kappa shape index (κ1) is 11.4. The zero-order valence-electron chi connectivity index (χ0n) is 10.4. The van der Waals surface area contributed by atoms with Gasteiger partial charge in [-0.2, -0.15) is 0 Å². The maximum atomic E-state index is 5.51. The Kier molecular flexibility index (Phi) is 3.09. The summed E-state index contributed by atoms with van der Waals surface area (Å²) < 4.78 is 5.51. The molecule has 1 N–H and O–H groups in total. The van der Waals surface area contributed by atoms with Gasteiger partial charge in [-0.05, 0) is 64.8 Å². The zero-order valence-corrected chi connectivity index (χ0v) is 10.4. The van der Waals surface area contributed by atoms with Crippen molar-refractivity contribution in [2.45, 2.75) is 63.5 Å². The van der Waals surface area contributed by atoms with Gasteiger partial charge in [0.05, 0.1) is 5.60 Å². The minimum absolute atomic E-state index is 0.0478. The Morgan fingerprint density at radius 2 is 2.13 bits per heavy atom. The highest BCUT2D eigenvalue weighted by atomic mass is 16.5. The molecule has 15 heavy (non-hydrogen) atoms. The van der Waals surface area contributed by atoms with Gasteiger partial charge in [-0.3, -0.25) is 0 Å². The number of hydrogen-bond acceptors (Lipinski definition) is 2. The summed E-state index contributed by atoms with van der Waals surface area (Å²) in [4.78, 5) is 0. The Bertz CT molecular complexity index is 215. The third-order valence-corrected chi connectivity index (χ3v) is 4.36. The quantitative estimate of drug-likeness (QED) is 0.755. The van der Waals surface area contributed by atoms with Gasteiger partial charge in [0, 0.05) is 12.6 Å². The number of nitrogens with one attached hydrogen (secondary N) is 1. The largest absolute Gasteiger partial charge is 0.379 e. The first-order valence-corrected chi connectivity index (χ1v) is 6.38. The van der Waals surface area contributed by atoms with Crippen LogP contribution in [-0.2, 0) is 4.74 Å². The summed E-state index contributed by atoms with van der Waals surface area (Å²) in [5, 5.41) is 3.77. The van der Waals surface area contributed by atoms with E-state index in [2.05, 4.69) is 19.2 Å². The average Bonchev–Trinajstić information content (AvgIpc) is 2.97. The molecule has 0 radical (unpaired) electrons. The molecule has 0 aromatic rings. The Morgan fingerprint density at radius 1 is 1.40 bits per heavy atom. The Balaban J connectivity index is 1.90. The molecule has 2 heteroatoms. The maximum absolute atomic E-state index is 5.51. The molecular formula is C13H25NO. The van der Waals surface area contributed by atoms with Crippen LogP contribution in [0.5, 0.6) is 0 Å². The van der Waals surface area contributed by atoms with E-state index in [1.54, 1.807) is 0 Å². The summed E-state index contributed by atoms with van der Waals surface area (Å²) in [6.45, 7) is 5.62. The fourth-order valence-electron chi connectivity index (χ4n) is 2.86. The Hall–Kier alpha value is -0.0800. The lowest BCUT2D eigenvalue weighted by Crippen LogP contribution is -2.43. The average molecular weight is 211 g/mol. The van der Waals surface area contributed by atoms with Crippen LogP contribution >= 0.6 is 0 Å². The van der Waals surface area contributed by atoms with Crippen LogP contribution in [0.1, 0.15) is 52.4 Å². The predicted octanol–water partition coefficient (Wildman–Crippen LogP) is 2.72. The van der Waals surface area contributed by atoms with Crippen LogP contribution in [0.3, 0.4) is 0 Å². The molecule has 1 aliphatic heterocycles. The van der Waals surface area contributed by atoms with E-state index in [9.17, 15) is 0 Å². The summed E-state index contributed by atoms with van der Waals surface area (Å²) >= 11 is 0. The van der Waals surface area contributed by atoms with Crippen LogP contribution in [0.2, 0.25) is 0 Å². The molecule has 1 aliphatic carbocycles. The van der Waals surface area contributed by atoms with Crippen LogP contribution in [0.15, 0.2) is 0 Å². The number of hydrogen-bond donors (Lipinski definition) is 1. The molecule has 0 aromatic heterocycles. The summed E-state index contributed by atoms with van der Waals surface area (Å²) in [6.07, 6.45) is 8.10. The highest BCUT2D eigenvalue weighted by Gasteiger charge is 2.46. The van der Waals surface area contributed by atoms with E-state index < -0.39 is 0 Å². The monoisotopic (exact) mass is 211 g/mol. The van der Waals surface area contributed by atoms with Crippen molar-refractivity contribution in [3.05, 3.63) is 0 Å². The first-order chi connectivity index (χ1) is 7.08. The fraction of sp³-hybridized carbons (Fsp3) is 1.00. The summed E-state index contributed by atoms with van der Waals surface area (Å²) in [7, 11) is 1.83. The molecule has 2 aliphatic rings. The molecular weight excluding hydrogens is 186 g/mol. The molecule has 2 rings (SSSR count). The smallest absolute Gasteiger partial charge is 0.0623 e. The van der Waals surface area contributed by atoms with Gasteiger partial charge in [0.1, 0.15) is 0 Å². The van der Waals surface area contributed by atoms with Crippen molar-refractivity contribution in [3.63, 3.8) is 0 Å². The molecule has 1 unspecified atom stereocenters. The van der Waals surface area contributed by atoms with Gasteiger partial charge < -0.3 is 10.1 Å². The molecule has 88 valence electrons. The van der Waals surface area contributed by atoms with Crippen molar-refractivity contribution in [1.29, 1.82) is 0 Å². The SMILES string of the molecule is COC(C)(C)CCC1(C2CC2)CCCN1. The second-order valence-corrected chi connectivity index (χ2v) is 5.92. The molecule has 0 aromatic carbocycles. The van der Waals surface area contributed by atoms with Crippen LogP contribution in [-0.4, -0.2) is 24.8 Å². The Morgan fingerprint density at radius 3 is 2.60 bits per heavy atom. The van der Waals surface area contributed by atoms with Gasteiger partial charge >= 0.3 is 0 Å². The van der Waals surface area contributed by atoms with Crippen molar-refractivity contribution in [2.75, 3.05) is 13.7 Å². The fourth-order valence-corrected chi connectivity index (χ4v) is 2.86. The van der Waals surface area contributed by atoms with E-state index in [1.165, 1.54) is 45.1 Å². The minimum atomic E-state index is 0.0478. The molecule has 0 bridgehead atoms. The topological polar surface area (TPSA) is 21.3 Å². The molecule has 1 saturated carbocycles. The van der Waals surface area contributed by atoms with Crippen molar-refractivity contribution >= 4 is 0 Å². The summed E-state index contributed by atoms with van der Waals surface area (Å²) in [5.41, 5.74) is 0.530. The lowest BCUT2D eigenvalue weighted by molar-refractivity contribution is 0.00670. The summed E-state index contributed by atoms with van der Waals surface area (Å²) in [6, 6.07) is 0. The van der Waals surface area contributed by atoms with E-state index in [-0.39, 0.29) is 5.60 Å². The molecule has 1 atom stereocenters. The lowest BCUT2D eigenvalue weighted by Gasteiger charge is -2.33. The maximum Gasteiger partial charge on any atom is 0.0623 e. The number of ether oxygens (including phenoxy) is 1. The van der Waals surface area contributed by atoms with Gasteiger partial charge in [0.2, 0.25) is 0 Å². The Labute approximate surface area is 93.8 Å². The van der Waals surface area contributed by atoms with Gasteiger partial charge in [-0.1, -0.05) is 0 Å². The second-order valence-electron chi connectivity index (χ2n) is 5.92. The van der Waals surface area contributed by atoms with Crippen LogP contribution in [0.4, 0.5) is 0 Å². The van der Waals surface area contributed by atoms with Crippen LogP contribution in [0.25, 0.3) is 0 Å². The molecule has 1 heterocycles. The van der Waals surface area contributed by atoms with Crippen molar-refractivity contribution in [1.82, 2.24) is 5.32 Å². The van der Waals surface area contributed by atoms with Crippen molar-refractivity contribution in [3.8, 4) is 0 Å². The molecule has 0 spiro atoms. The standard InChI is InChI=1S/C13H25NO/c1-12(2,15-3)8-9-13(11-5-6-11)7-4-10-14-13/h11,14H,4-10H2,1-3H3. The number of rotatable bonds is 5. The van der Waals surface area contributed by atoms with Crippen molar-refractivity contribution < 1.29 is 4.74 Å². The first-order valence-electron chi connectivity index (χ1n) is 6.38. The van der Waals surface area contributed by atoms with Crippen LogP contribution < -0.4 is 5.32 Å². The zero-order chi connectivity index (χ0) is 10.9. The van der Waals surface area contributed by atoms with Gasteiger partial charge in [-0.15, -0.1) is 0 Å². The van der Waals surface area contributed by atoms with E-state index in [0.29, 0.717) is 5.54 Å². The second kappa shape index (κ2) is 4.06. The van der Waals surface area contributed by atoms with E-state index in [0.717, 1.165) is 5.92 Å². The van der Waals surface area contributed by atoms with Gasteiger partial charge in [-0.25, -0.2) is 0 Å². The predicted molar refractivity (Wildman–Crippen MR) is 63.0 cm³/mol. The molecule has 0 amide bonds. The minimum Gasteiger partial charge on any atom is -0.379 e. The normalized spacial score (nSPS) is 32.2. The highest BCUT2D eigenvalue weighted by molar-refractivity contribution is 5.04. The van der Waals surface area contributed by atoms with Crippen LogP contribution in [0, 0.1) is 5.92 Å². The third kappa shape index (κ3) is 2.54. The highest BCUT2D eigenvalue weighted by Crippen LogP contribution is 2.47. The van der Waals surface area contributed by atoms with E-state index in [1.807, 2.05) is 7.11 Å².